The SMILES string of the molecule is CCOc1cc(Oc2cccc(N)c2)cc([N+](=O)[O-])c1. The molecule has 0 heterocycles. The maximum Gasteiger partial charge on any atom is 0.276 e. The van der Waals surface area contributed by atoms with Crippen molar-refractivity contribution in [3.63, 3.8) is 0 Å². The third kappa shape index (κ3) is 3.38. The third-order valence-electron chi connectivity index (χ3n) is 2.48. The van der Waals surface area contributed by atoms with Crippen LogP contribution in [0.2, 0.25) is 0 Å². The van der Waals surface area contributed by atoms with Crippen molar-refractivity contribution < 1.29 is 14.4 Å². The molecule has 0 saturated carbocycles. The van der Waals surface area contributed by atoms with E-state index in [9.17, 15) is 10.1 Å². The standard InChI is InChI=1S/C14H14N2O4/c1-2-19-13-7-11(16(17)18)8-14(9-13)20-12-5-3-4-10(15)6-12/h3-9H,2,15H2,1H3. The second kappa shape index (κ2) is 5.92. The quantitative estimate of drug-likeness (QED) is 0.513. The van der Waals surface area contributed by atoms with Gasteiger partial charge in [0.05, 0.1) is 23.7 Å². The maximum absolute atomic E-state index is 10.9. The number of ether oxygens (including phenoxy) is 2. The van der Waals surface area contributed by atoms with Crippen LogP contribution < -0.4 is 15.2 Å². The molecule has 0 spiro atoms. The molecule has 0 aromatic heterocycles. The Morgan fingerprint density at radius 1 is 1.15 bits per heavy atom. The number of benzene rings is 2. The van der Waals surface area contributed by atoms with Crippen molar-refractivity contribution in [1.29, 1.82) is 0 Å². The lowest BCUT2D eigenvalue weighted by atomic mass is 10.2. The number of rotatable bonds is 5. The van der Waals surface area contributed by atoms with Crippen molar-refractivity contribution in [1.82, 2.24) is 0 Å². The van der Waals surface area contributed by atoms with Crippen molar-refractivity contribution in [2.24, 2.45) is 0 Å². The van der Waals surface area contributed by atoms with E-state index in [2.05, 4.69) is 0 Å². The van der Waals surface area contributed by atoms with E-state index in [0.29, 0.717) is 29.5 Å². The Kier molecular flexibility index (Phi) is 4.05. The van der Waals surface area contributed by atoms with E-state index >= 15 is 0 Å². The summed E-state index contributed by atoms with van der Waals surface area (Å²) in [5, 5.41) is 10.9. The summed E-state index contributed by atoms with van der Waals surface area (Å²) in [5.74, 6) is 1.22. The van der Waals surface area contributed by atoms with E-state index in [-0.39, 0.29) is 5.69 Å². The van der Waals surface area contributed by atoms with E-state index in [1.807, 2.05) is 0 Å². The maximum atomic E-state index is 10.9. The van der Waals surface area contributed by atoms with Crippen LogP contribution in [-0.4, -0.2) is 11.5 Å². The molecule has 2 aromatic rings. The van der Waals surface area contributed by atoms with Crippen LogP contribution in [0, 0.1) is 10.1 Å². The molecule has 0 fully saturated rings. The normalized spacial score (nSPS) is 10.1. The first-order valence-corrected chi connectivity index (χ1v) is 6.04. The molecular formula is C14H14N2O4. The number of nitro groups is 1. The lowest BCUT2D eigenvalue weighted by molar-refractivity contribution is -0.385. The van der Waals surface area contributed by atoms with Gasteiger partial charge in [-0.15, -0.1) is 0 Å². The fourth-order valence-electron chi connectivity index (χ4n) is 1.69. The van der Waals surface area contributed by atoms with Crippen LogP contribution in [0.4, 0.5) is 11.4 Å². The second-order valence-corrected chi connectivity index (χ2v) is 4.03. The average molecular weight is 274 g/mol. The minimum absolute atomic E-state index is 0.0881. The molecular weight excluding hydrogens is 260 g/mol. The van der Waals surface area contributed by atoms with Gasteiger partial charge in [0.25, 0.3) is 5.69 Å². The summed E-state index contributed by atoms with van der Waals surface area (Å²) in [5.41, 5.74) is 6.12. The van der Waals surface area contributed by atoms with Crippen LogP contribution in [0.1, 0.15) is 6.92 Å². The van der Waals surface area contributed by atoms with Gasteiger partial charge in [-0.1, -0.05) is 6.07 Å². The van der Waals surface area contributed by atoms with E-state index in [1.165, 1.54) is 12.1 Å². The lowest BCUT2D eigenvalue weighted by Gasteiger charge is -2.09. The van der Waals surface area contributed by atoms with E-state index < -0.39 is 4.92 Å². The van der Waals surface area contributed by atoms with Crippen molar-refractivity contribution in [2.75, 3.05) is 12.3 Å². The molecule has 0 aliphatic heterocycles. The summed E-state index contributed by atoms with van der Waals surface area (Å²) < 4.78 is 10.9. The molecule has 6 nitrogen and oxygen atoms in total. The van der Waals surface area contributed by atoms with Gasteiger partial charge in [-0.2, -0.15) is 0 Å². The topological polar surface area (TPSA) is 87.6 Å². The summed E-state index contributed by atoms with van der Waals surface area (Å²) in [7, 11) is 0. The number of nitrogens with two attached hydrogens (primary N) is 1. The molecule has 0 unspecified atom stereocenters. The first kappa shape index (κ1) is 13.7. The second-order valence-electron chi connectivity index (χ2n) is 4.03. The van der Waals surface area contributed by atoms with Crippen molar-refractivity contribution in [3.8, 4) is 17.2 Å². The molecule has 2 rings (SSSR count). The summed E-state index contributed by atoms with van der Waals surface area (Å²) in [4.78, 5) is 10.4. The van der Waals surface area contributed by atoms with Crippen LogP contribution in [0.3, 0.4) is 0 Å². The Balaban J connectivity index is 2.32. The predicted molar refractivity (Wildman–Crippen MR) is 75.2 cm³/mol. The molecule has 0 aliphatic carbocycles. The summed E-state index contributed by atoms with van der Waals surface area (Å²) in [6.45, 7) is 2.22. The molecule has 2 N–H and O–H groups in total. The number of anilines is 1. The fourth-order valence-corrected chi connectivity index (χ4v) is 1.69. The Hall–Kier alpha value is -2.76. The lowest BCUT2D eigenvalue weighted by Crippen LogP contribution is -1.95. The number of hydrogen-bond acceptors (Lipinski definition) is 5. The highest BCUT2D eigenvalue weighted by Crippen LogP contribution is 2.31. The Morgan fingerprint density at radius 3 is 2.55 bits per heavy atom. The molecule has 104 valence electrons. The minimum atomic E-state index is -0.491. The monoisotopic (exact) mass is 274 g/mol. The highest BCUT2D eigenvalue weighted by Gasteiger charge is 2.12. The van der Waals surface area contributed by atoms with Crippen LogP contribution in [0.25, 0.3) is 0 Å². The number of nitrogens with zero attached hydrogens (tertiary/aromatic N) is 1. The zero-order valence-electron chi connectivity index (χ0n) is 10.9. The molecule has 0 saturated heterocycles. The Labute approximate surface area is 115 Å². The van der Waals surface area contributed by atoms with Crippen molar-refractivity contribution in [2.45, 2.75) is 6.92 Å². The zero-order valence-corrected chi connectivity index (χ0v) is 10.9. The Morgan fingerprint density at radius 2 is 1.90 bits per heavy atom. The summed E-state index contributed by atoms with van der Waals surface area (Å²) in [6, 6.07) is 11.1. The van der Waals surface area contributed by atoms with E-state index in [4.69, 9.17) is 15.2 Å². The first-order valence-electron chi connectivity index (χ1n) is 6.04. The number of nitrogen functional groups attached to an aromatic ring is 1. The number of hydrogen-bond donors (Lipinski definition) is 1. The Bertz CT molecular complexity index is 628. The average Bonchev–Trinajstić information content (AvgIpc) is 2.38. The van der Waals surface area contributed by atoms with E-state index in [0.717, 1.165) is 0 Å². The highest BCUT2D eigenvalue weighted by atomic mass is 16.6. The highest BCUT2D eigenvalue weighted by molar-refractivity contribution is 5.49. The summed E-state index contributed by atoms with van der Waals surface area (Å²) in [6.07, 6.45) is 0. The van der Waals surface area contributed by atoms with Gasteiger partial charge in [0.1, 0.15) is 17.2 Å². The number of nitro benzene ring substituents is 1. The van der Waals surface area contributed by atoms with Gasteiger partial charge in [-0.3, -0.25) is 10.1 Å². The van der Waals surface area contributed by atoms with Gasteiger partial charge >= 0.3 is 0 Å². The van der Waals surface area contributed by atoms with Crippen LogP contribution in [0.15, 0.2) is 42.5 Å². The molecule has 0 amide bonds. The summed E-state index contributed by atoms with van der Waals surface area (Å²) >= 11 is 0. The largest absolute Gasteiger partial charge is 0.493 e. The minimum Gasteiger partial charge on any atom is -0.493 e. The van der Waals surface area contributed by atoms with Crippen molar-refractivity contribution >= 4 is 11.4 Å². The molecule has 0 bridgehead atoms. The van der Waals surface area contributed by atoms with Crippen molar-refractivity contribution in [3.05, 3.63) is 52.6 Å². The van der Waals surface area contributed by atoms with Gasteiger partial charge < -0.3 is 15.2 Å². The fraction of sp³-hybridized carbons (Fsp3) is 0.143. The van der Waals surface area contributed by atoms with Crippen LogP contribution >= 0.6 is 0 Å². The molecule has 2 aromatic carbocycles. The van der Waals surface area contributed by atoms with Crippen LogP contribution in [-0.2, 0) is 0 Å². The number of non-ortho nitro benzene ring substituents is 1. The van der Waals surface area contributed by atoms with Gasteiger partial charge in [-0.05, 0) is 19.1 Å². The molecule has 0 radical (unpaired) electrons. The molecule has 6 heteroatoms. The molecule has 0 aliphatic rings. The van der Waals surface area contributed by atoms with E-state index in [1.54, 1.807) is 37.3 Å². The van der Waals surface area contributed by atoms with Gasteiger partial charge in [0, 0.05) is 17.8 Å². The van der Waals surface area contributed by atoms with Gasteiger partial charge in [0.15, 0.2) is 0 Å². The first-order chi connectivity index (χ1) is 9.58. The molecule has 20 heavy (non-hydrogen) atoms. The smallest absolute Gasteiger partial charge is 0.276 e. The van der Waals surface area contributed by atoms with Crippen LogP contribution in [0.5, 0.6) is 17.2 Å². The predicted octanol–water partition coefficient (Wildman–Crippen LogP) is 3.37. The zero-order chi connectivity index (χ0) is 14.5. The van der Waals surface area contributed by atoms with Gasteiger partial charge in [0.2, 0.25) is 0 Å². The third-order valence-corrected chi connectivity index (χ3v) is 2.48. The van der Waals surface area contributed by atoms with Gasteiger partial charge in [-0.25, -0.2) is 0 Å². The molecule has 0 atom stereocenters.